The van der Waals surface area contributed by atoms with Crippen LogP contribution in [0.25, 0.3) is 34.0 Å². The Labute approximate surface area is 126 Å². The summed E-state index contributed by atoms with van der Waals surface area (Å²) in [5.74, 6) is -0.229. The first-order valence-electron chi connectivity index (χ1n) is 7.10. The number of nitrogens with one attached hydrogen (secondary N) is 1. The van der Waals surface area contributed by atoms with Gasteiger partial charge in [-0.25, -0.2) is 4.39 Å². The van der Waals surface area contributed by atoms with Crippen LogP contribution in [-0.4, -0.2) is 9.97 Å². The average Bonchev–Trinajstić information content (AvgIpc) is 2.94. The number of hydrogen-bond acceptors (Lipinski definition) is 1. The molecule has 0 aliphatic heterocycles. The lowest BCUT2D eigenvalue weighted by Gasteiger charge is -1.97. The van der Waals surface area contributed by atoms with Gasteiger partial charge in [0.1, 0.15) is 5.82 Å². The molecule has 2 aromatic heterocycles. The number of para-hydroxylation sites is 1. The molecule has 22 heavy (non-hydrogen) atoms. The number of aromatic amines is 1. The van der Waals surface area contributed by atoms with E-state index in [1.807, 2.05) is 36.5 Å². The normalized spacial score (nSPS) is 11.7. The highest BCUT2D eigenvalue weighted by Crippen LogP contribution is 2.27. The van der Waals surface area contributed by atoms with Crippen molar-refractivity contribution in [1.29, 1.82) is 0 Å². The van der Waals surface area contributed by atoms with Gasteiger partial charge in [0.05, 0.1) is 11.2 Å². The minimum atomic E-state index is -0.229. The minimum absolute atomic E-state index is 0.229. The van der Waals surface area contributed by atoms with E-state index in [9.17, 15) is 4.39 Å². The van der Waals surface area contributed by atoms with Gasteiger partial charge < -0.3 is 4.98 Å². The number of fused-ring (bicyclic) bond motifs is 3. The first-order valence-corrected chi connectivity index (χ1v) is 7.10. The summed E-state index contributed by atoms with van der Waals surface area (Å²) >= 11 is 0. The van der Waals surface area contributed by atoms with Gasteiger partial charge in [0.2, 0.25) is 0 Å². The van der Waals surface area contributed by atoms with E-state index in [4.69, 9.17) is 0 Å². The largest absolute Gasteiger partial charge is 0.353 e. The third-order valence-corrected chi connectivity index (χ3v) is 3.76. The van der Waals surface area contributed by atoms with Crippen LogP contribution < -0.4 is 0 Å². The first-order chi connectivity index (χ1) is 10.8. The maximum Gasteiger partial charge on any atom is 0.123 e. The Morgan fingerprint density at radius 2 is 1.68 bits per heavy atom. The van der Waals surface area contributed by atoms with E-state index in [-0.39, 0.29) is 5.82 Å². The molecule has 2 heterocycles. The second kappa shape index (κ2) is 5.11. The molecule has 0 atom stereocenters. The number of benzene rings is 2. The number of H-pyrrole nitrogens is 1. The summed E-state index contributed by atoms with van der Waals surface area (Å²) in [4.78, 5) is 7.86. The predicted octanol–water partition coefficient (Wildman–Crippen LogP) is 5.03. The maximum atomic E-state index is 12.9. The molecule has 0 aliphatic rings. The van der Waals surface area contributed by atoms with Crippen LogP contribution >= 0.6 is 0 Å². The molecule has 0 spiro atoms. The monoisotopic (exact) mass is 288 g/mol. The zero-order valence-corrected chi connectivity index (χ0v) is 11.8. The minimum Gasteiger partial charge on any atom is -0.353 e. The standard InChI is InChI=1S/C19H13FN2/c20-14-8-5-13(6-9-14)7-10-18-19-16(11-12-21-18)15-3-1-2-4-17(15)22-19/h1-12,22H. The highest BCUT2D eigenvalue weighted by molar-refractivity contribution is 6.09. The van der Waals surface area contributed by atoms with E-state index in [0.29, 0.717) is 0 Å². The van der Waals surface area contributed by atoms with E-state index < -0.39 is 0 Å². The number of halogens is 1. The van der Waals surface area contributed by atoms with E-state index >= 15 is 0 Å². The third kappa shape index (κ3) is 2.17. The number of rotatable bonds is 2. The lowest BCUT2D eigenvalue weighted by Crippen LogP contribution is -1.82. The molecule has 2 aromatic carbocycles. The molecule has 0 aliphatic carbocycles. The molecule has 1 N–H and O–H groups in total. The van der Waals surface area contributed by atoms with Gasteiger partial charge in [-0.15, -0.1) is 0 Å². The van der Waals surface area contributed by atoms with Crippen LogP contribution in [0.2, 0.25) is 0 Å². The van der Waals surface area contributed by atoms with Crippen LogP contribution in [0.1, 0.15) is 11.3 Å². The Balaban J connectivity index is 1.83. The fourth-order valence-electron chi connectivity index (χ4n) is 2.67. The topological polar surface area (TPSA) is 28.7 Å². The van der Waals surface area contributed by atoms with Crippen LogP contribution in [0.4, 0.5) is 4.39 Å². The molecule has 3 heteroatoms. The van der Waals surface area contributed by atoms with Crippen molar-refractivity contribution >= 4 is 34.0 Å². The summed E-state index contributed by atoms with van der Waals surface area (Å²) in [5, 5.41) is 2.35. The Hall–Kier alpha value is -2.94. The van der Waals surface area contributed by atoms with Crippen molar-refractivity contribution in [2.45, 2.75) is 0 Å². The Kier molecular flexibility index (Phi) is 2.97. The van der Waals surface area contributed by atoms with Gasteiger partial charge in [0, 0.05) is 22.5 Å². The van der Waals surface area contributed by atoms with Crippen molar-refractivity contribution < 1.29 is 4.39 Å². The molecule has 0 amide bonds. The van der Waals surface area contributed by atoms with Crippen LogP contribution in [-0.2, 0) is 0 Å². The van der Waals surface area contributed by atoms with E-state index in [2.05, 4.69) is 22.1 Å². The average molecular weight is 288 g/mol. The number of aromatic nitrogens is 2. The molecule has 4 rings (SSSR count). The Morgan fingerprint density at radius 3 is 2.55 bits per heavy atom. The molecule has 0 saturated heterocycles. The number of hydrogen-bond donors (Lipinski definition) is 1. The second-order valence-electron chi connectivity index (χ2n) is 5.17. The molecular weight excluding hydrogens is 275 g/mol. The molecular formula is C19H13FN2. The molecule has 106 valence electrons. The highest BCUT2D eigenvalue weighted by Gasteiger charge is 2.06. The first kappa shape index (κ1) is 12.8. The van der Waals surface area contributed by atoms with Crippen molar-refractivity contribution in [2.24, 2.45) is 0 Å². The fraction of sp³-hybridized carbons (Fsp3) is 0. The summed E-state index contributed by atoms with van der Waals surface area (Å²) in [6.07, 6.45) is 5.70. The zero-order valence-electron chi connectivity index (χ0n) is 11.8. The summed E-state index contributed by atoms with van der Waals surface area (Å²) in [7, 11) is 0. The lowest BCUT2D eigenvalue weighted by atomic mass is 10.1. The van der Waals surface area contributed by atoms with Gasteiger partial charge in [-0.05, 0) is 35.9 Å². The number of pyridine rings is 1. The lowest BCUT2D eigenvalue weighted by molar-refractivity contribution is 0.628. The third-order valence-electron chi connectivity index (χ3n) is 3.76. The van der Waals surface area contributed by atoms with Crippen molar-refractivity contribution in [2.75, 3.05) is 0 Å². The van der Waals surface area contributed by atoms with E-state index in [1.54, 1.807) is 12.1 Å². The van der Waals surface area contributed by atoms with Gasteiger partial charge in [-0.3, -0.25) is 4.98 Å². The van der Waals surface area contributed by atoms with Crippen LogP contribution in [0.15, 0.2) is 60.8 Å². The van der Waals surface area contributed by atoms with Gasteiger partial charge in [-0.2, -0.15) is 0 Å². The molecule has 0 bridgehead atoms. The van der Waals surface area contributed by atoms with Crippen LogP contribution in [0, 0.1) is 5.82 Å². The van der Waals surface area contributed by atoms with Crippen LogP contribution in [0.5, 0.6) is 0 Å². The molecule has 2 nitrogen and oxygen atoms in total. The predicted molar refractivity (Wildman–Crippen MR) is 88.9 cm³/mol. The summed E-state index contributed by atoms with van der Waals surface area (Å²) < 4.78 is 12.9. The molecule has 4 aromatic rings. The summed E-state index contributed by atoms with van der Waals surface area (Å²) in [6.45, 7) is 0. The van der Waals surface area contributed by atoms with Gasteiger partial charge in [0.15, 0.2) is 0 Å². The number of nitrogens with zero attached hydrogens (tertiary/aromatic N) is 1. The Bertz CT molecular complexity index is 981. The molecule has 0 fully saturated rings. The van der Waals surface area contributed by atoms with E-state index in [0.717, 1.165) is 27.7 Å². The SMILES string of the molecule is Fc1ccc(C=Cc2nccc3c2[nH]c2ccccc23)cc1. The van der Waals surface area contributed by atoms with Crippen molar-refractivity contribution in [3.8, 4) is 0 Å². The summed E-state index contributed by atoms with van der Waals surface area (Å²) in [6, 6.07) is 16.6. The van der Waals surface area contributed by atoms with Crippen molar-refractivity contribution in [3.05, 3.63) is 77.9 Å². The van der Waals surface area contributed by atoms with E-state index in [1.165, 1.54) is 17.5 Å². The molecule has 0 unspecified atom stereocenters. The van der Waals surface area contributed by atoms with Crippen molar-refractivity contribution in [1.82, 2.24) is 9.97 Å². The smallest absolute Gasteiger partial charge is 0.123 e. The second-order valence-corrected chi connectivity index (χ2v) is 5.17. The van der Waals surface area contributed by atoms with Crippen molar-refractivity contribution in [3.63, 3.8) is 0 Å². The summed E-state index contributed by atoms with van der Waals surface area (Å²) in [5.41, 5.74) is 3.93. The zero-order chi connectivity index (χ0) is 14.9. The van der Waals surface area contributed by atoms with Crippen LogP contribution in [0.3, 0.4) is 0 Å². The maximum absolute atomic E-state index is 12.9. The van der Waals surface area contributed by atoms with Gasteiger partial charge in [-0.1, -0.05) is 36.4 Å². The highest BCUT2D eigenvalue weighted by atomic mass is 19.1. The Morgan fingerprint density at radius 1 is 0.864 bits per heavy atom. The molecule has 0 saturated carbocycles. The quantitative estimate of drug-likeness (QED) is 0.551. The molecule has 0 radical (unpaired) electrons. The fourth-order valence-corrected chi connectivity index (χ4v) is 2.67. The van der Waals surface area contributed by atoms with Gasteiger partial charge >= 0.3 is 0 Å². The van der Waals surface area contributed by atoms with Gasteiger partial charge in [0.25, 0.3) is 0 Å².